The Kier molecular flexibility index (Phi) is 4.81. The lowest BCUT2D eigenvalue weighted by atomic mass is 9.98. The van der Waals surface area contributed by atoms with Crippen LogP contribution in [0.4, 0.5) is 0 Å². The minimum absolute atomic E-state index is 0.0691. The van der Waals surface area contributed by atoms with Crippen molar-refractivity contribution < 1.29 is 14.7 Å². The molecule has 1 amide bonds. The molecule has 1 aromatic carbocycles. The molecule has 1 fully saturated rings. The van der Waals surface area contributed by atoms with Crippen LogP contribution in [0.2, 0.25) is 0 Å². The van der Waals surface area contributed by atoms with E-state index >= 15 is 0 Å². The van der Waals surface area contributed by atoms with Crippen LogP contribution in [0.15, 0.2) is 22.7 Å². The van der Waals surface area contributed by atoms with Gasteiger partial charge in [-0.1, -0.05) is 22.9 Å². The summed E-state index contributed by atoms with van der Waals surface area (Å²) >= 11 is 3.27. The fourth-order valence-electron chi connectivity index (χ4n) is 2.69. The molecule has 1 saturated heterocycles. The van der Waals surface area contributed by atoms with Gasteiger partial charge in [0.15, 0.2) is 0 Å². The Hall–Kier alpha value is -1.36. The van der Waals surface area contributed by atoms with E-state index in [0.29, 0.717) is 10.0 Å². The van der Waals surface area contributed by atoms with Gasteiger partial charge in [0.25, 0.3) is 5.91 Å². The van der Waals surface area contributed by atoms with Crippen molar-refractivity contribution in [1.82, 2.24) is 4.90 Å². The summed E-state index contributed by atoms with van der Waals surface area (Å²) in [5.74, 6) is -1.09. The van der Waals surface area contributed by atoms with E-state index in [0.717, 1.165) is 32.2 Å². The Morgan fingerprint density at radius 2 is 2.00 bits per heavy atom. The van der Waals surface area contributed by atoms with Crippen molar-refractivity contribution in [2.45, 2.75) is 38.6 Å². The van der Waals surface area contributed by atoms with Crippen molar-refractivity contribution >= 4 is 27.8 Å². The van der Waals surface area contributed by atoms with Crippen molar-refractivity contribution in [1.29, 1.82) is 0 Å². The van der Waals surface area contributed by atoms with Crippen molar-refractivity contribution in [3.8, 4) is 0 Å². The molecule has 20 heavy (non-hydrogen) atoms. The van der Waals surface area contributed by atoms with Gasteiger partial charge in [0.1, 0.15) is 0 Å². The molecule has 0 bridgehead atoms. The first-order valence-corrected chi connectivity index (χ1v) is 7.67. The molecule has 1 aliphatic rings. The number of nitrogens with zero attached hydrogens (tertiary/aromatic N) is 1. The Bertz CT molecular complexity index is 530. The molecule has 1 atom stereocenters. The average molecular weight is 340 g/mol. The summed E-state index contributed by atoms with van der Waals surface area (Å²) in [5.41, 5.74) is 0.574. The number of carboxylic acids is 1. The number of amides is 1. The molecule has 4 nitrogen and oxygen atoms in total. The first-order chi connectivity index (χ1) is 9.52. The number of hydrogen-bond donors (Lipinski definition) is 1. The van der Waals surface area contributed by atoms with Crippen LogP contribution in [-0.4, -0.2) is 34.5 Å². The molecule has 1 heterocycles. The third kappa shape index (κ3) is 3.20. The van der Waals surface area contributed by atoms with E-state index in [1.54, 1.807) is 6.07 Å². The van der Waals surface area contributed by atoms with Crippen LogP contribution >= 0.6 is 15.9 Å². The zero-order valence-electron chi connectivity index (χ0n) is 11.4. The van der Waals surface area contributed by atoms with Crippen LogP contribution in [0.25, 0.3) is 0 Å². The zero-order valence-corrected chi connectivity index (χ0v) is 13.0. The largest absolute Gasteiger partial charge is 0.478 e. The second-order valence-corrected chi connectivity index (χ2v) is 6.01. The van der Waals surface area contributed by atoms with Gasteiger partial charge in [-0.25, -0.2) is 4.79 Å². The number of benzene rings is 1. The zero-order chi connectivity index (χ0) is 14.7. The SMILES string of the molecule is CCC1CCCCN1C(=O)c1cc(Br)cc(C(=O)O)c1. The average Bonchev–Trinajstić information content (AvgIpc) is 2.45. The van der Waals surface area contributed by atoms with Crippen LogP contribution in [0.5, 0.6) is 0 Å². The predicted molar refractivity (Wildman–Crippen MR) is 80.1 cm³/mol. The molecular formula is C15H18BrNO3. The van der Waals surface area contributed by atoms with E-state index in [4.69, 9.17) is 5.11 Å². The standard InChI is InChI=1S/C15H18BrNO3/c1-2-13-5-3-4-6-17(13)14(18)10-7-11(15(19)20)9-12(16)8-10/h7-9,13H,2-6H2,1H3,(H,19,20). The molecule has 1 aromatic rings. The fraction of sp³-hybridized carbons (Fsp3) is 0.467. The summed E-state index contributed by atoms with van der Waals surface area (Å²) in [4.78, 5) is 25.6. The highest BCUT2D eigenvalue weighted by molar-refractivity contribution is 9.10. The van der Waals surface area contributed by atoms with Gasteiger partial charge in [0, 0.05) is 22.6 Å². The number of rotatable bonds is 3. The van der Waals surface area contributed by atoms with Gasteiger partial charge in [-0.05, 0) is 43.9 Å². The van der Waals surface area contributed by atoms with Crippen molar-refractivity contribution in [2.24, 2.45) is 0 Å². The molecule has 5 heteroatoms. The second-order valence-electron chi connectivity index (χ2n) is 5.09. The smallest absolute Gasteiger partial charge is 0.335 e. The number of carbonyl (C=O) groups is 2. The molecule has 1 N–H and O–H groups in total. The van der Waals surface area contributed by atoms with Gasteiger partial charge in [-0.2, -0.15) is 0 Å². The lowest BCUT2D eigenvalue weighted by molar-refractivity contribution is 0.0608. The van der Waals surface area contributed by atoms with E-state index in [9.17, 15) is 9.59 Å². The van der Waals surface area contributed by atoms with E-state index in [-0.39, 0.29) is 17.5 Å². The molecule has 108 valence electrons. The van der Waals surface area contributed by atoms with Crippen LogP contribution in [0, 0.1) is 0 Å². The van der Waals surface area contributed by atoms with Crippen LogP contribution in [0.1, 0.15) is 53.3 Å². The molecule has 0 saturated carbocycles. The van der Waals surface area contributed by atoms with Gasteiger partial charge < -0.3 is 10.0 Å². The van der Waals surface area contributed by atoms with Gasteiger partial charge >= 0.3 is 5.97 Å². The molecule has 1 aliphatic heterocycles. The van der Waals surface area contributed by atoms with Gasteiger partial charge in [-0.15, -0.1) is 0 Å². The van der Waals surface area contributed by atoms with Gasteiger partial charge in [-0.3, -0.25) is 4.79 Å². The Morgan fingerprint density at radius 3 is 2.65 bits per heavy atom. The molecule has 0 aromatic heterocycles. The molecule has 2 rings (SSSR count). The van der Waals surface area contributed by atoms with Gasteiger partial charge in [0.2, 0.25) is 0 Å². The molecule has 0 spiro atoms. The van der Waals surface area contributed by atoms with E-state index in [2.05, 4.69) is 22.9 Å². The number of hydrogen-bond acceptors (Lipinski definition) is 2. The van der Waals surface area contributed by atoms with Crippen LogP contribution in [-0.2, 0) is 0 Å². The van der Waals surface area contributed by atoms with E-state index < -0.39 is 5.97 Å². The maximum Gasteiger partial charge on any atom is 0.335 e. The first kappa shape index (κ1) is 15.0. The molecule has 1 unspecified atom stereocenters. The minimum atomic E-state index is -1.02. The summed E-state index contributed by atoms with van der Waals surface area (Å²) in [6, 6.07) is 4.92. The minimum Gasteiger partial charge on any atom is -0.478 e. The fourth-order valence-corrected chi connectivity index (χ4v) is 3.19. The lowest BCUT2D eigenvalue weighted by Gasteiger charge is -2.35. The lowest BCUT2D eigenvalue weighted by Crippen LogP contribution is -2.43. The van der Waals surface area contributed by atoms with E-state index in [1.807, 2.05) is 4.90 Å². The highest BCUT2D eigenvalue weighted by Crippen LogP contribution is 2.24. The van der Waals surface area contributed by atoms with Crippen LogP contribution in [0.3, 0.4) is 0 Å². The van der Waals surface area contributed by atoms with Crippen molar-refractivity contribution in [2.75, 3.05) is 6.54 Å². The summed E-state index contributed by atoms with van der Waals surface area (Å²) in [6.45, 7) is 2.84. The molecule has 0 radical (unpaired) electrons. The molecule has 0 aliphatic carbocycles. The van der Waals surface area contributed by atoms with Crippen molar-refractivity contribution in [3.63, 3.8) is 0 Å². The Labute approximate surface area is 126 Å². The molecular weight excluding hydrogens is 322 g/mol. The third-order valence-corrected chi connectivity index (χ3v) is 4.21. The number of piperidine rings is 1. The summed E-state index contributed by atoms with van der Waals surface area (Å²) in [6.07, 6.45) is 4.14. The summed E-state index contributed by atoms with van der Waals surface area (Å²) in [5, 5.41) is 9.08. The quantitative estimate of drug-likeness (QED) is 0.915. The number of carboxylic acid groups (broad SMARTS) is 1. The number of aromatic carboxylic acids is 1. The van der Waals surface area contributed by atoms with Crippen molar-refractivity contribution in [3.05, 3.63) is 33.8 Å². The Balaban J connectivity index is 2.30. The Morgan fingerprint density at radius 1 is 1.30 bits per heavy atom. The number of likely N-dealkylation sites (tertiary alicyclic amines) is 1. The highest BCUT2D eigenvalue weighted by atomic mass is 79.9. The summed E-state index contributed by atoms with van der Waals surface area (Å²) < 4.78 is 0.616. The second kappa shape index (κ2) is 6.39. The number of carbonyl (C=O) groups excluding carboxylic acids is 1. The first-order valence-electron chi connectivity index (χ1n) is 6.87. The number of halogens is 1. The normalized spacial score (nSPS) is 18.9. The maximum absolute atomic E-state index is 12.6. The van der Waals surface area contributed by atoms with Gasteiger partial charge in [0.05, 0.1) is 5.56 Å². The summed E-state index contributed by atoms with van der Waals surface area (Å²) in [7, 11) is 0. The van der Waals surface area contributed by atoms with E-state index in [1.165, 1.54) is 12.1 Å². The monoisotopic (exact) mass is 339 g/mol. The maximum atomic E-state index is 12.6. The topological polar surface area (TPSA) is 57.6 Å². The highest BCUT2D eigenvalue weighted by Gasteiger charge is 2.26. The predicted octanol–water partition coefficient (Wildman–Crippen LogP) is 3.55. The third-order valence-electron chi connectivity index (χ3n) is 3.75. The van der Waals surface area contributed by atoms with Crippen LogP contribution < -0.4 is 0 Å².